The number of hydrogen-bond acceptors (Lipinski definition) is 3. The number of piperidine rings is 1. The summed E-state index contributed by atoms with van der Waals surface area (Å²) >= 11 is 0. The Labute approximate surface area is 161 Å². The van der Waals surface area contributed by atoms with Gasteiger partial charge in [-0.2, -0.15) is 5.10 Å². The van der Waals surface area contributed by atoms with Crippen LogP contribution in [0.1, 0.15) is 47.3 Å². The van der Waals surface area contributed by atoms with E-state index < -0.39 is 5.54 Å². The van der Waals surface area contributed by atoms with Crippen LogP contribution in [0, 0.1) is 13.8 Å². The molecule has 0 unspecified atom stereocenters. The van der Waals surface area contributed by atoms with Gasteiger partial charge in [0.25, 0.3) is 0 Å². The van der Waals surface area contributed by atoms with Gasteiger partial charge in [-0.3, -0.25) is 14.8 Å². The third kappa shape index (κ3) is 3.41. The van der Waals surface area contributed by atoms with Crippen LogP contribution in [0.2, 0.25) is 0 Å². The number of nitrogens with zero attached hydrogens (tertiary/aromatic N) is 2. The van der Waals surface area contributed by atoms with Crippen molar-refractivity contribution in [3.63, 3.8) is 0 Å². The first kappa shape index (κ1) is 18.2. The fraction of sp³-hybridized carbons (Fsp3) is 0.545. The van der Waals surface area contributed by atoms with Crippen molar-refractivity contribution in [2.24, 2.45) is 0 Å². The van der Waals surface area contributed by atoms with Crippen molar-refractivity contribution < 1.29 is 4.79 Å². The van der Waals surface area contributed by atoms with Crippen molar-refractivity contribution >= 4 is 5.91 Å². The molecule has 4 rings (SSSR count). The van der Waals surface area contributed by atoms with Crippen LogP contribution < -0.4 is 5.32 Å². The summed E-state index contributed by atoms with van der Waals surface area (Å²) in [5.41, 5.74) is 5.60. The highest BCUT2D eigenvalue weighted by Gasteiger charge is 2.48. The molecule has 2 N–H and O–H groups in total. The molecule has 0 saturated carbocycles. The van der Waals surface area contributed by atoms with E-state index in [2.05, 4.69) is 44.7 Å². The lowest BCUT2D eigenvalue weighted by atomic mass is 9.89. The van der Waals surface area contributed by atoms with Crippen LogP contribution in [0.15, 0.2) is 24.3 Å². The van der Waals surface area contributed by atoms with E-state index in [9.17, 15) is 4.79 Å². The number of amides is 1. The van der Waals surface area contributed by atoms with Crippen LogP contribution in [-0.2, 0) is 24.1 Å². The molecule has 1 aromatic heterocycles. The van der Waals surface area contributed by atoms with Crippen LogP contribution in [0.25, 0.3) is 0 Å². The number of aromatic amines is 1. The van der Waals surface area contributed by atoms with Gasteiger partial charge >= 0.3 is 0 Å². The second-order valence-electron chi connectivity index (χ2n) is 8.12. The highest BCUT2D eigenvalue weighted by molar-refractivity contribution is 5.88. The van der Waals surface area contributed by atoms with Gasteiger partial charge in [0.05, 0.1) is 5.69 Å². The predicted molar refractivity (Wildman–Crippen MR) is 107 cm³/mol. The van der Waals surface area contributed by atoms with E-state index in [0.29, 0.717) is 6.54 Å². The van der Waals surface area contributed by atoms with Gasteiger partial charge in [-0.1, -0.05) is 30.7 Å². The quantitative estimate of drug-likeness (QED) is 0.855. The molecule has 1 aliphatic heterocycles. The van der Waals surface area contributed by atoms with Crippen molar-refractivity contribution in [1.82, 2.24) is 20.4 Å². The molecule has 2 aromatic rings. The lowest BCUT2D eigenvalue weighted by molar-refractivity contribution is -0.134. The SMILES string of the molecule is Cc1n[nH]c(C)c1CCNC(=O)C1(N2CCCCC2)Cc2ccccc2C1. The Bertz CT molecular complexity index is 775. The number of aromatic nitrogens is 2. The maximum atomic E-state index is 13.5. The molecule has 0 atom stereocenters. The number of carbonyl (C=O) groups is 1. The Balaban J connectivity index is 1.50. The van der Waals surface area contributed by atoms with Crippen molar-refractivity contribution in [1.29, 1.82) is 0 Å². The number of carbonyl (C=O) groups excluding carboxylic acids is 1. The molecule has 0 spiro atoms. The van der Waals surface area contributed by atoms with Gasteiger partial charge in [-0.05, 0) is 62.9 Å². The van der Waals surface area contributed by atoms with Crippen LogP contribution in [-0.4, -0.2) is 46.2 Å². The summed E-state index contributed by atoms with van der Waals surface area (Å²) in [6.45, 7) is 6.78. The number of fused-ring (bicyclic) bond motifs is 1. The summed E-state index contributed by atoms with van der Waals surface area (Å²) in [5, 5.41) is 10.6. The summed E-state index contributed by atoms with van der Waals surface area (Å²) in [4.78, 5) is 15.9. The van der Waals surface area contributed by atoms with Crippen molar-refractivity contribution in [2.45, 2.75) is 57.9 Å². The van der Waals surface area contributed by atoms with E-state index >= 15 is 0 Å². The number of hydrogen-bond donors (Lipinski definition) is 2. The summed E-state index contributed by atoms with van der Waals surface area (Å²) in [6, 6.07) is 8.56. The summed E-state index contributed by atoms with van der Waals surface area (Å²) < 4.78 is 0. The second-order valence-corrected chi connectivity index (χ2v) is 8.12. The first-order valence-electron chi connectivity index (χ1n) is 10.2. The normalized spacial score (nSPS) is 19.0. The lowest BCUT2D eigenvalue weighted by Crippen LogP contribution is -2.61. The zero-order valence-corrected chi connectivity index (χ0v) is 16.5. The molecule has 0 radical (unpaired) electrons. The number of H-pyrrole nitrogens is 1. The Hall–Kier alpha value is -2.14. The van der Waals surface area contributed by atoms with Crippen LogP contribution in [0.5, 0.6) is 0 Å². The average Bonchev–Trinajstić information content (AvgIpc) is 3.24. The Morgan fingerprint density at radius 3 is 2.41 bits per heavy atom. The topological polar surface area (TPSA) is 61.0 Å². The van der Waals surface area contributed by atoms with E-state index in [0.717, 1.165) is 43.7 Å². The first-order valence-corrected chi connectivity index (χ1v) is 10.2. The molecule has 1 fully saturated rings. The number of rotatable bonds is 5. The van der Waals surface area contributed by atoms with Gasteiger partial charge in [0, 0.05) is 25.1 Å². The van der Waals surface area contributed by atoms with Crippen LogP contribution in [0.3, 0.4) is 0 Å². The zero-order chi connectivity index (χ0) is 18.9. The molecule has 1 aromatic carbocycles. The summed E-state index contributed by atoms with van der Waals surface area (Å²) in [5.74, 6) is 0.194. The smallest absolute Gasteiger partial charge is 0.241 e. The Morgan fingerprint density at radius 1 is 1.15 bits per heavy atom. The van der Waals surface area contributed by atoms with E-state index in [1.165, 1.54) is 36.0 Å². The highest BCUT2D eigenvalue weighted by atomic mass is 16.2. The molecule has 144 valence electrons. The minimum atomic E-state index is -0.412. The van der Waals surface area contributed by atoms with Crippen molar-refractivity contribution in [3.8, 4) is 0 Å². The van der Waals surface area contributed by atoms with E-state index in [1.54, 1.807) is 0 Å². The van der Waals surface area contributed by atoms with Crippen molar-refractivity contribution in [3.05, 3.63) is 52.3 Å². The van der Waals surface area contributed by atoms with E-state index in [-0.39, 0.29) is 5.91 Å². The molecule has 2 aliphatic rings. The molecule has 1 amide bonds. The third-order valence-corrected chi connectivity index (χ3v) is 6.41. The maximum Gasteiger partial charge on any atom is 0.241 e. The van der Waals surface area contributed by atoms with E-state index in [1.807, 2.05) is 13.8 Å². The predicted octanol–water partition coefficient (Wildman–Crippen LogP) is 2.71. The molecular formula is C22H30N4O. The van der Waals surface area contributed by atoms with Gasteiger partial charge in [0.2, 0.25) is 5.91 Å². The van der Waals surface area contributed by atoms with Crippen LogP contribution in [0.4, 0.5) is 0 Å². The minimum absolute atomic E-state index is 0.194. The monoisotopic (exact) mass is 366 g/mol. The maximum absolute atomic E-state index is 13.5. The molecule has 5 heteroatoms. The second kappa shape index (κ2) is 7.47. The van der Waals surface area contributed by atoms with Gasteiger partial charge in [0.15, 0.2) is 0 Å². The van der Waals surface area contributed by atoms with Gasteiger partial charge < -0.3 is 5.32 Å². The van der Waals surface area contributed by atoms with Crippen LogP contribution >= 0.6 is 0 Å². The molecule has 1 saturated heterocycles. The molecular weight excluding hydrogens is 336 g/mol. The standard InChI is InChI=1S/C22H30N4O/c1-16-20(17(2)25-24-16)10-11-23-21(27)22(26-12-6-3-7-13-26)14-18-8-4-5-9-19(18)15-22/h4-5,8-9H,3,6-7,10-15H2,1-2H3,(H,23,27)(H,24,25). The molecule has 5 nitrogen and oxygen atoms in total. The Kier molecular flexibility index (Phi) is 5.04. The molecule has 1 aliphatic carbocycles. The number of aryl methyl sites for hydroxylation is 2. The number of likely N-dealkylation sites (tertiary alicyclic amines) is 1. The molecule has 27 heavy (non-hydrogen) atoms. The van der Waals surface area contributed by atoms with E-state index in [4.69, 9.17) is 0 Å². The Morgan fingerprint density at radius 2 is 1.81 bits per heavy atom. The fourth-order valence-electron chi connectivity index (χ4n) is 4.85. The fourth-order valence-corrected chi connectivity index (χ4v) is 4.85. The van der Waals surface area contributed by atoms with Crippen molar-refractivity contribution in [2.75, 3.05) is 19.6 Å². The number of nitrogens with one attached hydrogen (secondary N) is 2. The molecule has 2 heterocycles. The first-order chi connectivity index (χ1) is 13.1. The van der Waals surface area contributed by atoms with Gasteiger partial charge in [-0.15, -0.1) is 0 Å². The average molecular weight is 367 g/mol. The highest BCUT2D eigenvalue weighted by Crippen LogP contribution is 2.36. The summed E-state index contributed by atoms with van der Waals surface area (Å²) in [6.07, 6.45) is 6.15. The summed E-state index contributed by atoms with van der Waals surface area (Å²) in [7, 11) is 0. The zero-order valence-electron chi connectivity index (χ0n) is 16.5. The lowest BCUT2D eigenvalue weighted by Gasteiger charge is -2.42. The molecule has 0 bridgehead atoms. The van der Waals surface area contributed by atoms with Gasteiger partial charge in [0.1, 0.15) is 5.54 Å². The number of benzene rings is 1. The minimum Gasteiger partial charge on any atom is -0.354 e. The van der Waals surface area contributed by atoms with Gasteiger partial charge in [-0.25, -0.2) is 0 Å². The third-order valence-electron chi connectivity index (χ3n) is 6.41. The largest absolute Gasteiger partial charge is 0.354 e.